The van der Waals surface area contributed by atoms with Crippen LogP contribution < -0.4 is 20.1 Å². The quantitative estimate of drug-likeness (QED) is 0.730. The third-order valence-corrected chi connectivity index (χ3v) is 5.14. The molecule has 1 aliphatic heterocycles. The maximum atomic E-state index is 13.1. The van der Waals surface area contributed by atoms with Crippen molar-refractivity contribution in [2.45, 2.75) is 31.1 Å². The van der Waals surface area contributed by atoms with Crippen molar-refractivity contribution in [2.75, 3.05) is 5.32 Å². The lowest BCUT2D eigenvalue weighted by Crippen LogP contribution is -2.52. The van der Waals surface area contributed by atoms with Crippen molar-refractivity contribution >= 4 is 27.6 Å². The lowest BCUT2D eigenvalue weighted by atomic mass is 9.72. The molecule has 0 unspecified atom stereocenters. The predicted molar refractivity (Wildman–Crippen MR) is 94.5 cm³/mol. The molecular weight excluding hydrogens is 410 g/mol. The zero-order valence-corrected chi connectivity index (χ0v) is 15.1. The van der Waals surface area contributed by atoms with E-state index in [1.807, 2.05) is 24.3 Å². The third-order valence-electron chi connectivity index (χ3n) is 4.62. The van der Waals surface area contributed by atoms with Gasteiger partial charge in [-0.25, -0.2) is 4.79 Å². The van der Waals surface area contributed by atoms with Crippen LogP contribution >= 0.6 is 15.9 Å². The van der Waals surface area contributed by atoms with E-state index in [1.165, 1.54) is 18.2 Å². The van der Waals surface area contributed by atoms with Gasteiger partial charge in [-0.05, 0) is 49.1 Å². The fourth-order valence-electron chi connectivity index (χ4n) is 3.19. The number of fused-ring (bicyclic) bond motifs is 1. The van der Waals surface area contributed by atoms with E-state index in [0.717, 1.165) is 29.3 Å². The monoisotopic (exact) mass is 424 g/mol. The maximum Gasteiger partial charge on any atom is 0.586 e. The summed E-state index contributed by atoms with van der Waals surface area (Å²) < 4.78 is 35.9. The maximum absolute atomic E-state index is 13.1. The Kier molecular flexibility index (Phi) is 4.02. The Morgan fingerprint density at radius 3 is 2.38 bits per heavy atom. The molecule has 1 aliphatic carbocycles. The van der Waals surface area contributed by atoms with Crippen molar-refractivity contribution in [1.82, 2.24) is 5.32 Å². The SMILES string of the molecule is O=C(Nc1ccc2c(c1)OC(F)(F)O2)NC1(c2ccc(Br)cc2)CCC1. The van der Waals surface area contributed by atoms with E-state index in [-0.39, 0.29) is 11.5 Å². The molecule has 2 N–H and O–H groups in total. The first-order valence-electron chi connectivity index (χ1n) is 8.10. The molecule has 1 saturated carbocycles. The fraction of sp³-hybridized carbons (Fsp3) is 0.278. The summed E-state index contributed by atoms with van der Waals surface area (Å²) in [5.74, 6) is -0.176. The number of benzene rings is 2. The number of hydrogen-bond acceptors (Lipinski definition) is 3. The van der Waals surface area contributed by atoms with Crippen LogP contribution in [0, 0.1) is 0 Å². The Morgan fingerprint density at radius 2 is 1.73 bits per heavy atom. The van der Waals surface area contributed by atoms with E-state index in [9.17, 15) is 13.6 Å². The molecule has 0 spiro atoms. The Hall–Kier alpha value is -2.35. The average molecular weight is 425 g/mol. The predicted octanol–water partition coefficient (Wildman–Crippen LogP) is 4.97. The van der Waals surface area contributed by atoms with E-state index in [4.69, 9.17) is 0 Å². The van der Waals surface area contributed by atoms with E-state index in [1.54, 1.807) is 0 Å². The van der Waals surface area contributed by atoms with Crippen LogP contribution in [0.4, 0.5) is 19.3 Å². The van der Waals surface area contributed by atoms with Gasteiger partial charge in [-0.3, -0.25) is 0 Å². The third kappa shape index (κ3) is 3.21. The number of rotatable bonds is 3. The number of hydrogen-bond donors (Lipinski definition) is 2. The zero-order chi connectivity index (χ0) is 18.4. The van der Waals surface area contributed by atoms with E-state index in [0.29, 0.717) is 5.69 Å². The highest BCUT2D eigenvalue weighted by atomic mass is 79.9. The van der Waals surface area contributed by atoms with Crippen LogP contribution in [0.5, 0.6) is 11.5 Å². The van der Waals surface area contributed by atoms with Gasteiger partial charge in [-0.1, -0.05) is 28.1 Å². The second-order valence-electron chi connectivity index (χ2n) is 6.35. The molecule has 1 fully saturated rings. The number of ether oxygens (including phenoxy) is 2. The lowest BCUT2D eigenvalue weighted by molar-refractivity contribution is -0.286. The Balaban J connectivity index is 1.46. The smallest absolute Gasteiger partial charge is 0.395 e. The van der Waals surface area contributed by atoms with Gasteiger partial charge < -0.3 is 20.1 Å². The Bertz CT molecular complexity index is 854. The minimum atomic E-state index is -3.68. The summed E-state index contributed by atoms with van der Waals surface area (Å²) in [5, 5.41) is 5.68. The molecule has 4 rings (SSSR count). The molecule has 1 heterocycles. The normalized spacial score (nSPS) is 18.7. The molecule has 26 heavy (non-hydrogen) atoms. The van der Waals surface area contributed by atoms with Crippen molar-refractivity contribution in [2.24, 2.45) is 0 Å². The number of nitrogens with one attached hydrogen (secondary N) is 2. The Labute approximate surface area is 156 Å². The molecule has 2 aromatic carbocycles. The molecule has 0 atom stereocenters. The van der Waals surface area contributed by atoms with Crippen LogP contribution in [-0.4, -0.2) is 12.3 Å². The van der Waals surface area contributed by atoms with Gasteiger partial charge in [-0.15, -0.1) is 8.78 Å². The molecule has 0 saturated heterocycles. The number of alkyl halides is 2. The number of amides is 2. The molecule has 5 nitrogen and oxygen atoms in total. The summed E-state index contributed by atoms with van der Waals surface area (Å²) in [7, 11) is 0. The highest BCUT2D eigenvalue weighted by Gasteiger charge is 2.43. The summed E-state index contributed by atoms with van der Waals surface area (Å²) in [5.41, 5.74) is 0.967. The van der Waals surface area contributed by atoms with Gasteiger partial charge >= 0.3 is 12.3 Å². The second-order valence-corrected chi connectivity index (χ2v) is 7.27. The van der Waals surface area contributed by atoms with Gasteiger partial charge in [0.1, 0.15) is 0 Å². The molecule has 2 amide bonds. The Morgan fingerprint density at radius 1 is 1.04 bits per heavy atom. The topological polar surface area (TPSA) is 59.6 Å². The number of halogens is 3. The second kappa shape index (κ2) is 6.12. The highest BCUT2D eigenvalue weighted by molar-refractivity contribution is 9.10. The number of anilines is 1. The van der Waals surface area contributed by atoms with E-state index < -0.39 is 17.9 Å². The number of carbonyl (C=O) groups excluding carboxylic acids is 1. The standard InChI is InChI=1S/C18H15BrF2N2O3/c19-12-4-2-11(3-5-12)17(8-1-9-17)23-16(24)22-13-6-7-14-15(10-13)26-18(20,21)25-14/h2-7,10H,1,8-9H2,(H2,22,23,24). The molecule has 0 bridgehead atoms. The van der Waals surface area contributed by atoms with Gasteiger partial charge in [-0.2, -0.15) is 0 Å². The van der Waals surface area contributed by atoms with Crippen molar-refractivity contribution < 1.29 is 23.0 Å². The molecule has 8 heteroatoms. The summed E-state index contributed by atoms with van der Waals surface area (Å²) in [6, 6.07) is 11.6. The van der Waals surface area contributed by atoms with Crippen molar-refractivity contribution in [3.8, 4) is 11.5 Å². The molecule has 2 aromatic rings. The van der Waals surface area contributed by atoms with Crippen LogP contribution in [0.15, 0.2) is 46.9 Å². The first-order chi connectivity index (χ1) is 12.4. The summed E-state index contributed by atoms with van der Waals surface area (Å²) >= 11 is 3.40. The minimum Gasteiger partial charge on any atom is -0.395 e. The van der Waals surface area contributed by atoms with Gasteiger partial charge in [0.05, 0.1) is 5.54 Å². The molecule has 2 aliphatic rings. The summed E-state index contributed by atoms with van der Waals surface area (Å²) in [4.78, 5) is 12.4. The molecule has 0 radical (unpaired) electrons. The lowest BCUT2D eigenvalue weighted by Gasteiger charge is -2.43. The highest BCUT2D eigenvalue weighted by Crippen LogP contribution is 2.43. The van der Waals surface area contributed by atoms with Gasteiger partial charge in [0, 0.05) is 16.2 Å². The molecule has 0 aromatic heterocycles. The summed E-state index contributed by atoms with van der Waals surface area (Å²) in [6.07, 6.45) is -0.971. The fourth-order valence-corrected chi connectivity index (χ4v) is 3.46. The van der Waals surface area contributed by atoms with Crippen LogP contribution in [0.3, 0.4) is 0 Å². The van der Waals surface area contributed by atoms with Crippen molar-refractivity contribution in [3.63, 3.8) is 0 Å². The van der Waals surface area contributed by atoms with E-state index >= 15 is 0 Å². The molecular formula is C18H15BrF2N2O3. The number of carbonyl (C=O) groups is 1. The zero-order valence-electron chi connectivity index (χ0n) is 13.5. The van der Waals surface area contributed by atoms with Crippen molar-refractivity contribution in [3.05, 3.63) is 52.5 Å². The number of urea groups is 1. The van der Waals surface area contributed by atoms with Crippen LogP contribution in [0.2, 0.25) is 0 Å². The first kappa shape index (κ1) is 17.1. The average Bonchev–Trinajstić information content (AvgIpc) is 2.85. The summed E-state index contributed by atoms with van der Waals surface area (Å²) in [6.45, 7) is 0. The van der Waals surface area contributed by atoms with Crippen LogP contribution in [0.1, 0.15) is 24.8 Å². The minimum absolute atomic E-state index is 0.0636. The van der Waals surface area contributed by atoms with E-state index in [2.05, 4.69) is 36.0 Å². The van der Waals surface area contributed by atoms with Gasteiger partial charge in [0.2, 0.25) is 0 Å². The van der Waals surface area contributed by atoms with Gasteiger partial charge in [0.25, 0.3) is 0 Å². The van der Waals surface area contributed by atoms with Crippen LogP contribution in [-0.2, 0) is 5.54 Å². The molecule has 136 valence electrons. The van der Waals surface area contributed by atoms with Crippen LogP contribution in [0.25, 0.3) is 0 Å². The van der Waals surface area contributed by atoms with Gasteiger partial charge in [0.15, 0.2) is 11.5 Å². The largest absolute Gasteiger partial charge is 0.586 e. The van der Waals surface area contributed by atoms with Crippen molar-refractivity contribution in [1.29, 1.82) is 0 Å². The first-order valence-corrected chi connectivity index (χ1v) is 8.90.